The van der Waals surface area contributed by atoms with Crippen molar-refractivity contribution in [1.82, 2.24) is 5.32 Å². The number of rotatable bonds is 8. The minimum absolute atomic E-state index is 0.0726. The van der Waals surface area contributed by atoms with E-state index in [1.807, 2.05) is 13.8 Å². The highest BCUT2D eigenvalue weighted by Gasteiger charge is 2.34. The summed E-state index contributed by atoms with van der Waals surface area (Å²) in [7, 11) is 0. The first-order chi connectivity index (χ1) is 9.89. The molecule has 1 unspecified atom stereocenters. The molecule has 4 N–H and O–H groups in total. The highest BCUT2D eigenvalue weighted by molar-refractivity contribution is 5.85. The van der Waals surface area contributed by atoms with E-state index in [1.165, 1.54) is 0 Å². The van der Waals surface area contributed by atoms with Crippen molar-refractivity contribution in [3.8, 4) is 0 Å². The number of hydrogen-bond donors (Lipinski definition) is 3. The van der Waals surface area contributed by atoms with Gasteiger partial charge in [0.05, 0.1) is 5.60 Å². The molecule has 21 heavy (non-hydrogen) atoms. The molecule has 5 nitrogen and oxygen atoms in total. The summed E-state index contributed by atoms with van der Waals surface area (Å²) in [6, 6.07) is 0.547. The first-order valence-corrected chi connectivity index (χ1v) is 8.24. The Balaban J connectivity index is 2.33. The molecule has 0 aromatic carbocycles. The van der Waals surface area contributed by atoms with Crippen LogP contribution in [0.2, 0.25) is 0 Å². The highest BCUT2D eigenvalue weighted by Crippen LogP contribution is 2.31. The van der Waals surface area contributed by atoms with E-state index in [-0.39, 0.29) is 11.0 Å². The van der Waals surface area contributed by atoms with Gasteiger partial charge in [0, 0.05) is 18.1 Å². The molecule has 0 aromatic heterocycles. The average molecular weight is 299 g/mol. The number of hydrogen-bond acceptors (Lipinski definition) is 4. The Bertz CT molecular complexity index is 338. The van der Waals surface area contributed by atoms with Gasteiger partial charge in [0.15, 0.2) is 0 Å². The van der Waals surface area contributed by atoms with Gasteiger partial charge in [-0.3, -0.25) is 0 Å². The fourth-order valence-electron chi connectivity index (χ4n) is 3.04. The lowest BCUT2D eigenvalue weighted by atomic mass is 9.85. The van der Waals surface area contributed by atoms with Crippen LogP contribution in [0.15, 0.2) is 5.16 Å². The largest absolute Gasteiger partial charge is 0.409 e. The molecular weight excluding hydrogens is 266 g/mol. The minimum atomic E-state index is -0.247. The van der Waals surface area contributed by atoms with Crippen LogP contribution < -0.4 is 11.1 Å². The number of ether oxygens (including phenoxy) is 1. The molecule has 0 aromatic rings. The van der Waals surface area contributed by atoms with E-state index in [2.05, 4.69) is 24.3 Å². The maximum absolute atomic E-state index is 8.78. The summed E-state index contributed by atoms with van der Waals surface area (Å²) in [5.74, 6) is 0.310. The van der Waals surface area contributed by atoms with Gasteiger partial charge in [-0.1, -0.05) is 32.9 Å². The molecule has 1 atom stereocenters. The molecule has 5 heteroatoms. The lowest BCUT2D eigenvalue weighted by molar-refractivity contribution is -0.0930. The topological polar surface area (TPSA) is 79.9 Å². The second-order valence-electron chi connectivity index (χ2n) is 6.86. The Hall–Kier alpha value is -0.810. The fourth-order valence-corrected chi connectivity index (χ4v) is 3.04. The van der Waals surface area contributed by atoms with Crippen LogP contribution in [-0.4, -0.2) is 35.8 Å². The Morgan fingerprint density at radius 2 is 2.10 bits per heavy atom. The zero-order valence-electron chi connectivity index (χ0n) is 14.1. The summed E-state index contributed by atoms with van der Waals surface area (Å²) in [5, 5.41) is 15.6. The predicted octanol–water partition coefficient (Wildman–Crippen LogP) is 2.87. The number of nitrogens with two attached hydrogens (primary N) is 1. The van der Waals surface area contributed by atoms with Crippen molar-refractivity contribution in [1.29, 1.82) is 0 Å². The molecule has 0 bridgehead atoms. The summed E-state index contributed by atoms with van der Waals surface area (Å²) in [6.07, 6.45) is 6.28. The second kappa shape index (κ2) is 7.99. The Kier molecular flexibility index (Phi) is 6.94. The molecule has 1 aliphatic rings. The van der Waals surface area contributed by atoms with Gasteiger partial charge in [-0.2, -0.15) is 0 Å². The molecule has 0 amide bonds. The summed E-state index contributed by atoms with van der Waals surface area (Å²) >= 11 is 0. The zero-order chi connectivity index (χ0) is 15.9. The van der Waals surface area contributed by atoms with Crippen LogP contribution in [0.3, 0.4) is 0 Å². The van der Waals surface area contributed by atoms with E-state index in [0.717, 1.165) is 51.7 Å². The van der Waals surface area contributed by atoms with Gasteiger partial charge in [-0.05, 0) is 45.1 Å². The number of nitrogens with zero attached hydrogens (tertiary/aromatic N) is 1. The Morgan fingerprint density at radius 3 is 2.67 bits per heavy atom. The minimum Gasteiger partial charge on any atom is -0.409 e. The van der Waals surface area contributed by atoms with E-state index in [0.29, 0.717) is 11.9 Å². The van der Waals surface area contributed by atoms with Crippen LogP contribution in [0, 0.1) is 5.41 Å². The summed E-state index contributed by atoms with van der Waals surface area (Å²) < 4.78 is 6.00. The van der Waals surface area contributed by atoms with E-state index >= 15 is 0 Å². The van der Waals surface area contributed by atoms with Crippen molar-refractivity contribution in [2.24, 2.45) is 16.3 Å². The van der Waals surface area contributed by atoms with E-state index in [1.54, 1.807) is 0 Å². The first kappa shape index (κ1) is 18.2. The number of amidine groups is 1. The van der Waals surface area contributed by atoms with Crippen LogP contribution in [0.5, 0.6) is 0 Å². The third kappa shape index (κ3) is 5.15. The van der Waals surface area contributed by atoms with Gasteiger partial charge < -0.3 is 21.0 Å². The lowest BCUT2D eigenvalue weighted by Crippen LogP contribution is -2.46. The first-order valence-electron chi connectivity index (χ1n) is 8.24. The summed E-state index contributed by atoms with van der Waals surface area (Å²) in [4.78, 5) is 0. The highest BCUT2D eigenvalue weighted by atomic mass is 16.5. The average Bonchev–Trinajstić information content (AvgIpc) is 2.50. The zero-order valence-corrected chi connectivity index (χ0v) is 14.1. The molecule has 0 saturated carbocycles. The van der Waals surface area contributed by atoms with Gasteiger partial charge in [-0.25, -0.2) is 0 Å². The number of oxime groups is 1. The van der Waals surface area contributed by atoms with Crippen molar-refractivity contribution in [3.05, 3.63) is 0 Å². The van der Waals surface area contributed by atoms with E-state index in [9.17, 15) is 0 Å². The molecule has 0 spiro atoms. The van der Waals surface area contributed by atoms with Crippen molar-refractivity contribution < 1.29 is 9.94 Å². The second-order valence-corrected chi connectivity index (χ2v) is 6.86. The van der Waals surface area contributed by atoms with Crippen molar-refractivity contribution in [3.63, 3.8) is 0 Å². The normalized spacial score (nSPS) is 23.2. The molecule has 1 saturated heterocycles. The van der Waals surface area contributed by atoms with E-state index in [4.69, 9.17) is 15.7 Å². The summed E-state index contributed by atoms with van der Waals surface area (Å²) in [6.45, 7) is 10.3. The van der Waals surface area contributed by atoms with Crippen LogP contribution in [0.25, 0.3) is 0 Å². The molecule has 0 radical (unpaired) electrons. The van der Waals surface area contributed by atoms with Gasteiger partial charge in [0.2, 0.25) is 0 Å². The smallest absolute Gasteiger partial charge is 0.144 e. The maximum Gasteiger partial charge on any atom is 0.144 e. The van der Waals surface area contributed by atoms with Gasteiger partial charge in [0.25, 0.3) is 0 Å². The van der Waals surface area contributed by atoms with Crippen LogP contribution in [0.4, 0.5) is 0 Å². The van der Waals surface area contributed by atoms with Crippen molar-refractivity contribution in [2.45, 2.75) is 77.9 Å². The van der Waals surface area contributed by atoms with E-state index < -0.39 is 0 Å². The van der Waals surface area contributed by atoms with Crippen molar-refractivity contribution in [2.75, 3.05) is 13.2 Å². The molecule has 1 aliphatic heterocycles. The van der Waals surface area contributed by atoms with Gasteiger partial charge >= 0.3 is 0 Å². The molecule has 124 valence electrons. The predicted molar refractivity (Wildman–Crippen MR) is 86.7 cm³/mol. The molecule has 1 rings (SSSR count). The fraction of sp³-hybridized carbons (Fsp3) is 0.938. The van der Waals surface area contributed by atoms with Crippen LogP contribution >= 0.6 is 0 Å². The van der Waals surface area contributed by atoms with Gasteiger partial charge in [0.1, 0.15) is 5.84 Å². The molecule has 1 heterocycles. The standard InChI is InChI=1S/C16H33N3O2/c1-5-16(6-2)12-13(8-11-21-16)18-10-7-9-15(3,4)14(17)19-20/h13,18,20H,5-12H2,1-4H3,(H2,17,19). The molecule has 1 fully saturated rings. The molecular formula is C16H33N3O2. The quantitative estimate of drug-likeness (QED) is 0.212. The third-order valence-corrected chi connectivity index (χ3v) is 4.99. The Labute approximate surface area is 129 Å². The maximum atomic E-state index is 8.78. The van der Waals surface area contributed by atoms with Gasteiger partial charge in [-0.15, -0.1) is 0 Å². The third-order valence-electron chi connectivity index (χ3n) is 4.99. The van der Waals surface area contributed by atoms with Crippen LogP contribution in [-0.2, 0) is 4.74 Å². The Morgan fingerprint density at radius 1 is 1.43 bits per heavy atom. The molecule has 0 aliphatic carbocycles. The monoisotopic (exact) mass is 299 g/mol. The summed E-state index contributed by atoms with van der Waals surface area (Å²) in [5.41, 5.74) is 5.54. The SMILES string of the molecule is CCC1(CC)CC(NCCCC(C)(C)C(N)=NO)CCO1. The number of nitrogens with one attached hydrogen (secondary N) is 1. The van der Waals surface area contributed by atoms with Crippen LogP contribution in [0.1, 0.15) is 66.2 Å². The lowest BCUT2D eigenvalue weighted by Gasteiger charge is -2.40. The van der Waals surface area contributed by atoms with Crippen molar-refractivity contribution >= 4 is 5.84 Å².